The van der Waals surface area contributed by atoms with E-state index >= 15 is 0 Å². The van der Waals surface area contributed by atoms with E-state index in [4.69, 9.17) is 4.74 Å². The molecule has 3 aromatic rings. The fraction of sp³-hybridized carbons (Fsp3) is 0.353. The molecule has 0 saturated heterocycles. The molecule has 0 aliphatic carbocycles. The molecule has 7 nitrogen and oxygen atoms in total. The maximum Gasteiger partial charge on any atom is 0.180 e. The molecule has 0 amide bonds. The molecular formula is C17H19BrN4O3S. The molecule has 3 aromatic heterocycles. The summed E-state index contributed by atoms with van der Waals surface area (Å²) in [6.07, 6.45) is 3.12. The lowest BCUT2D eigenvalue weighted by molar-refractivity contribution is 0.241. The van der Waals surface area contributed by atoms with E-state index < -0.39 is 9.84 Å². The summed E-state index contributed by atoms with van der Waals surface area (Å²) in [5, 5.41) is 0. The number of rotatable bonds is 5. The third-order valence-electron chi connectivity index (χ3n) is 3.86. The highest BCUT2D eigenvalue weighted by molar-refractivity contribution is 9.10. The van der Waals surface area contributed by atoms with Gasteiger partial charge in [0.25, 0.3) is 0 Å². The molecule has 0 fully saturated rings. The van der Waals surface area contributed by atoms with Crippen molar-refractivity contribution in [2.75, 3.05) is 5.75 Å². The third-order valence-corrected chi connectivity index (χ3v) is 6.04. The lowest BCUT2D eigenvalue weighted by Gasteiger charge is -2.13. The number of hydrogen-bond acceptors (Lipinski definition) is 6. The minimum atomic E-state index is -3.52. The van der Waals surface area contributed by atoms with Gasteiger partial charge in [-0.2, -0.15) is 0 Å². The van der Waals surface area contributed by atoms with Gasteiger partial charge in [-0.1, -0.05) is 6.92 Å². The molecule has 0 N–H and O–H groups in total. The molecule has 9 heteroatoms. The van der Waals surface area contributed by atoms with E-state index in [1.807, 2.05) is 20.9 Å². The van der Waals surface area contributed by atoms with E-state index in [0.29, 0.717) is 27.4 Å². The van der Waals surface area contributed by atoms with Gasteiger partial charge < -0.3 is 9.30 Å². The molecule has 3 rings (SSSR count). The highest BCUT2D eigenvalue weighted by Gasteiger charge is 2.24. The van der Waals surface area contributed by atoms with Crippen LogP contribution in [0.25, 0.3) is 22.6 Å². The Bertz CT molecular complexity index is 1080. The van der Waals surface area contributed by atoms with Gasteiger partial charge in [-0.3, -0.25) is 0 Å². The summed E-state index contributed by atoms with van der Waals surface area (Å²) >= 11 is 3.32. The Hall–Kier alpha value is -2.00. The molecule has 138 valence electrons. The van der Waals surface area contributed by atoms with Gasteiger partial charge in [0.2, 0.25) is 0 Å². The van der Waals surface area contributed by atoms with Crippen molar-refractivity contribution in [2.45, 2.75) is 31.8 Å². The Morgan fingerprint density at radius 1 is 1.23 bits per heavy atom. The van der Waals surface area contributed by atoms with Crippen LogP contribution in [0.4, 0.5) is 0 Å². The van der Waals surface area contributed by atoms with Gasteiger partial charge in [0, 0.05) is 13.1 Å². The molecule has 0 aliphatic rings. The Morgan fingerprint density at radius 2 is 1.96 bits per heavy atom. The minimum Gasteiger partial charge on any atom is -0.489 e. The number of nitrogens with zero attached hydrogens (tertiary/aromatic N) is 4. The van der Waals surface area contributed by atoms with Gasteiger partial charge in [0.15, 0.2) is 15.7 Å². The number of sulfone groups is 1. The SMILES string of the molecule is CCS(=O)(=O)c1cc(OC(C)C)cnc1-c1nc2cc(Br)ncc2n1C. The van der Waals surface area contributed by atoms with Gasteiger partial charge in [-0.15, -0.1) is 0 Å². The van der Waals surface area contributed by atoms with Crippen LogP contribution in [0.15, 0.2) is 34.0 Å². The predicted molar refractivity (Wildman–Crippen MR) is 103 cm³/mol. The number of halogens is 1. The second-order valence-corrected chi connectivity index (χ2v) is 9.14. The van der Waals surface area contributed by atoms with E-state index in [9.17, 15) is 8.42 Å². The quantitative estimate of drug-likeness (QED) is 0.567. The summed E-state index contributed by atoms with van der Waals surface area (Å²) in [6.45, 7) is 5.35. The van der Waals surface area contributed by atoms with Crippen LogP contribution in [0.5, 0.6) is 5.75 Å². The summed E-state index contributed by atoms with van der Waals surface area (Å²) < 4.78 is 33.4. The highest BCUT2D eigenvalue weighted by atomic mass is 79.9. The van der Waals surface area contributed by atoms with E-state index in [1.165, 1.54) is 12.3 Å². The van der Waals surface area contributed by atoms with Crippen LogP contribution < -0.4 is 4.74 Å². The summed E-state index contributed by atoms with van der Waals surface area (Å²) in [5.74, 6) is 0.839. The molecule has 0 radical (unpaired) electrons. The molecular weight excluding hydrogens is 420 g/mol. The first kappa shape index (κ1) is 18.8. The van der Waals surface area contributed by atoms with Crippen LogP contribution in [-0.2, 0) is 16.9 Å². The number of aryl methyl sites for hydroxylation is 1. The summed E-state index contributed by atoms with van der Waals surface area (Å²) in [6, 6.07) is 3.30. The number of aromatic nitrogens is 4. The van der Waals surface area contributed by atoms with Crippen molar-refractivity contribution in [3.8, 4) is 17.3 Å². The first-order valence-electron chi connectivity index (χ1n) is 8.10. The zero-order valence-corrected chi connectivity index (χ0v) is 17.3. The fourth-order valence-corrected chi connectivity index (χ4v) is 3.96. The molecule has 0 atom stereocenters. The first-order chi connectivity index (χ1) is 12.2. The average Bonchev–Trinajstić information content (AvgIpc) is 2.90. The highest BCUT2D eigenvalue weighted by Crippen LogP contribution is 2.31. The van der Waals surface area contributed by atoms with Crippen molar-refractivity contribution in [1.82, 2.24) is 19.5 Å². The number of hydrogen-bond donors (Lipinski definition) is 0. The number of fused-ring (bicyclic) bond motifs is 1. The van der Waals surface area contributed by atoms with Gasteiger partial charge >= 0.3 is 0 Å². The molecule has 0 saturated carbocycles. The third kappa shape index (κ3) is 3.45. The van der Waals surface area contributed by atoms with E-state index in [-0.39, 0.29) is 16.8 Å². The molecule has 0 aromatic carbocycles. The van der Waals surface area contributed by atoms with Crippen LogP contribution >= 0.6 is 15.9 Å². The average molecular weight is 439 g/mol. The standard InChI is InChI=1S/C17H19BrN4O3S/c1-5-26(23,24)14-6-11(25-10(2)3)8-20-16(14)17-21-12-7-15(18)19-9-13(12)22(17)4/h6-10H,5H2,1-4H3. The monoisotopic (exact) mass is 438 g/mol. The van der Waals surface area contributed by atoms with Crippen molar-refractivity contribution in [1.29, 1.82) is 0 Å². The Labute approximate surface area is 160 Å². The van der Waals surface area contributed by atoms with Crippen LogP contribution in [0.2, 0.25) is 0 Å². The van der Waals surface area contributed by atoms with Crippen LogP contribution in [0, 0.1) is 0 Å². The lowest BCUT2D eigenvalue weighted by Crippen LogP contribution is -2.11. The smallest absolute Gasteiger partial charge is 0.180 e. The maximum atomic E-state index is 12.7. The van der Waals surface area contributed by atoms with Crippen molar-refractivity contribution < 1.29 is 13.2 Å². The van der Waals surface area contributed by atoms with Gasteiger partial charge in [-0.05, 0) is 35.8 Å². The van der Waals surface area contributed by atoms with Gasteiger partial charge in [0.05, 0.1) is 35.3 Å². The van der Waals surface area contributed by atoms with E-state index in [2.05, 4.69) is 30.9 Å². The van der Waals surface area contributed by atoms with Crippen molar-refractivity contribution >= 4 is 36.8 Å². The molecule has 0 bridgehead atoms. The molecule has 0 unspecified atom stereocenters. The number of ether oxygens (including phenoxy) is 1. The summed E-state index contributed by atoms with van der Waals surface area (Å²) in [5.41, 5.74) is 1.79. The van der Waals surface area contributed by atoms with Crippen LogP contribution in [0.3, 0.4) is 0 Å². The summed E-state index contributed by atoms with van der Waals surface area (Å²) in [7, 11) is -1.71. The van der Waals surface area contributed by atoms with Gasteiger partial charge in [-0.25, -0.2) is 23.4 Å². The Balaban J connectivity index is 2.26. The lowest BCUT2D eigenvalue weighted by atomic mass is 10.3. The van der Waals surface area contributed by atoms with Crippen molar-refractivity contribution in [3.63, 3.8) is 0 Å². The van der Waals surface area contributed by atoms with Crippen molar-refractivity contribution in [2.24, 2.45) is 7.05 Å². The topological polar surface area (TPSA) is 87.0 Å². The first-order valence-corrected chi connectivity index (χ1v) is 10.5. The van der Waals surface area contributed by atoms with Crippen LogP contribution in [0.1, 0.15) is 20.8 Å². The Kier molecular flexibility index (Phi) is 5.03. The summed E-state index contributed by atoms with van der Waals surface area (Å²) in [4.78, 5) is 13.3. The second kappa shape index (κ2) is 6.96. The Morgan fingerprint density at radius 3 is 2.62 bits per heavy atom. The number of imidazole rings is 1. The largest absolute Gasteiger partial charge is 0.489 e. The van der Waals surface area contributed by atoms with Crippen molar-refractivity contribution in [3.05, 3.63) is 29.1 Å². The normalized spacial score (nSPS) is 12.1. The molecule has 3 heterocycles. The minimum absolute atomic E-state index is 0.0378. The zero-order chi connectivity index (χ0) is 19.1. The van der Waals surface area contributed by atoms with Gasteiger partial charge in [0.1, 0.15) is 20.9 Å². The predicted octanol–water partition coefficient (Wildman–Crippen LogP) is 3.37. The molecule has 0 aliphatic heterocycles. The molecule has 26 heavy (non-hydrogen) atoms. The number of pyridine rings is 2. The fourth-order valence-electron chi connectivity index (χ4n) is 2.60. The zero-order valence-electron chi connectivity index (χ0n) is 14.9. The van der Waals surface area contributed by atoms with Crippen LogP contribution in [-0.4, -0.2) is 39.8 Å². The van der Waals surface area contributed by atoms with E-state index in [0.717, 1.165) is 5.52 Å². The molecule has 0 spiro atoms. The van der Waals surface area contributed by atoms with E-state index in [1.54, 1.807) is 23.8 Å². The maximum absolute atomic E-state index is 12.7. The second-order valence-electron chi connectivity index (χ2n) is 6.08.